The van der Waals surface area contributed by atoms with E-state index in [-0.39, 0.29) is 36.9 Å². The molecule has 0 fully saturated rings. The zero-order valence-electron chi connectivity index (χ0n) is 17.0. The summed E-state index contributed by atoms with van der Waals surface area (Å²) in [6, 6.07) is 5.44. The van der Waals surface area contributed by atoms with Gasteiger partial charge < -0.3 is 15.8 Å². The van der Waals surface area contributed by atoms with Crippen molar-refractivity contribution in [2.24, 2.45) is 10.7 Å². The predicted octanol–water partition coefficient (Wildman–Crippen LogP) is 2.77. The minimum atomic E-state index is -0.535. The van der Waals surface area contributed by atoms with E-state index in [4.69, 9.17) is 10.5 Å². The lowest BCUT2D eigenvalue weighted by Gasteiger charge is -2.25. The number of benzene rings is 1. The first kappa shape index (κ1) is 22.6. The van der Waals surface area contributed by atoms with Crippen LogP contribution in [0.4, 0.5) is 0 Å². The molecule has 0 heterocycles. The van der Waals surface area contributed by atoms with Gasteiger partial charge in [-0.1, -0.05) is 39.5 Å². The third-order valence-corrected chi connectivity index (χ3v) is 4.08. The van der Waals surface area contributed by atoms with Gasteiger partial charge in [0.1, 0.15) is 0 Å². The second-order valence-corrected chi connectivity index (χ2v) is 7.34. The predicted molar refractivity (Wildman–Crippen MR) is 110 cm³/mol. The van der Waals surface area contributed by atoms with E-state index in [1.54, 1.807) is 20.2 Å². The third-order valence-electron chi connectivity index (χ3n) is 4.08. The maximum Gasteiger partial charge on any atom is 0.308 e. The van der Waals surface area contributed by atoms with Crippen LogP contribution in [0, 0.1) is 0 Å². The summed E-state index contributed by atoms with van der Waals surface area (Å²) in [5.74, 6) is -0.711. The number of nitrogens with zero attached hydrogens (tertiary/aromatic N) is 1. The van der Waals surface area contributed by atoms with Crippen LogP contribution in [-0.2, 0) is 19.7 Å². The number of rotatable bonds is 8. The Balaban J connectivity index is 3.43. The summed E-state index contributed by atoms with van der Waals surface area (Å²) in [5, 5.41) is 2.82. The molecular formula is C21H31N3O3. The molecule has 1 aromatic carbocycles. The lowest BCUT2D eigenvalue weighted by Crippen LogP contribution is -2.35. The summed E-state index contributed by atoms with van der Waals surface area (Å²) < 4.78 is 5.06. The Bertz CT molecular complexity index is 718. The summed E-state index contributed by atoms with van der Waals surface area (Å²) in [6.07, 6.45) is 1.71. The number of carbonyl (C=O) groups excluding carboxylic acids is 2. The maximum atomic E-state index is 12.1. The normalized spacial score (nSPS) is 12.7. The number of aliphatic imine (C=N–C) groups is 1. The molecule has 0 saturated carbocycles. The van der Waals surface area contributed by atoms with Crippen molar-refractivity contribution in [1.82, 2.24) is 5.32 Å². The van der Waals surface area contributed by atoms with Crippen molar-refractivity contribution in [3.63, 3.8) is 0 Å². The number of nitrogens with two attached hydrogens (primary N) is 1. The number of hydrogen-bond acceptors (Lipinski definition) is 5. The molecule has 1 aromatic rings. The topological polar surface area (TPSA) is 93.8 Å². The first-order valence-corrected chi connectivity index (χ1v) is 9.04. The molecule has 0 aliphatic heterocycles. The van der Waals surface area contributed by atoms with Crippen molar-refractivity contribution in [2.75, 3.05) is 20.2 Å². The van der Waals surface area contributed by atoms with Crippen LogP contribution in [0.5, 0.6) is 0 Å². The van der Waals surface area contributed by atoms with Gasteiger partial charge in [0.05, 0.1) is 25.6 Å². The minimum absolute atomic E-state index is 0.0287. The number of ether oxygens (including phenoxy) is 1. The van der Waals surface area contributed by atoms with Crippen LogP contribution in [0.3, 0.4) is 0 Å². The molecule has 1 unspecified atom stereocenters. The van der Waals surface area contributed by atoms with Gasteiger partial charge in [-0.05, 0) is 40.7 Å². The van der Waals surface area contributed by atoms with Crippen molar-refractivity contribution in [3.05, 3.63) is 41.5 Å². The first-order valence-electron chi connectivity index (χ1n) is 9.04. The Kier molecular flexibility index (Phi) is 8.37. The van der Waals surface area contributed by atoms with Crippen LogP contribution < -0.4 is 11.1 Å². The van der Waals surface area contributed by atoms with Crippen molar-refractivity contribution >= 4 is 23.7 Å². The van der Waals surface area contributed by atoms with Gasteiger partial charge in [-0.25, -0.2) is 0 Å². The Morgan fingerprint density at radius 3 is 2.52 bits per heavy atom. The van der Waals surface area contributed by atoms with Crippen LogP contribution in [-0.4, -0.2) is 38.3 Å². The van der Waals surface area contributed by atoms with Gasteiger partial charge in [0.2, 0.25) is 5.91 Å². The first-order chi connectivity index (χ1) is 12.6. The molecule has 1 atom stereocenters. The molecule has 148 valence electrons. The van der Waals surface area contributed by atoms with E-state index < -0.39 is 6.04 Å². The van der Waals surface area contributed by atoms with Gasteiger partial charge in [0, 0.05) is 13.3 Å². The zero-order valence-corrected chi connectivity index (χ0v) is 17.0. The standard InChI is InChI=1S/C21H31N3O3/c1-7-27-20(26)11-18(24-19(25)12-22)16-8-15(14(2)13-23-6)9-17(10-16)21(3,4)5/h8-10,13,18H,2,7,11-12,22H2,1,3-6H3,(H,24,25)/b23-13-. The van der Waals surface area contributed by atoms with Crippen LogP contribution in [0.25, 0.3) is 5.57 Å². The summed E-state index contributed by atoms with van der Waals surface area (Å²) in [6.45, 7) is 12.2. The van der Waals surface area contributed by atoms with E-state index in [0.717, 1.165) is 22.3 Å². The SMILES string of the molecule is C=C(/C=N\C)c1cc(C(CC(=O)OCC)NC(=O)CN)cc(C(C)(C)C)c1. The molecular weight excluding hydrogens is 342 g/mol. The highest BCUT2D eigenvalue weighted by Crippen LogP contribution is 2.30. The van der Waals surface area contributed by atoms with Gasteiger partial charge in [-0.3, -0.25) is 14.6 Å². The van der Waals surface area contributed by atoms with Gasteiger partial charge in [-0.15, -0.1) is 0 Å². The second-order valence-electron chi connectivity index (χ2n) is 7.34. The number of esters is 1. The number of allylic oxidation sites excluding steroid dienone is 1. The Labute approximate surface area is 161 Å². The van der Waals surface area contributed by atoms with Crippen LogP contribution in [0.2, 0.25) is 0 Å². The fourth-order valence-corrected chi connectivity index (χ4v) is 2.59. The Morgan fingerprint density at radius 1 is 1.33 bits per heavy atom. The Morgan fingerprint density at radius 2 is 2.00 bits per heavy atom. The molecule has 27 heavy (non-hydrogen) atoms. The fraction of sp³-hybridized carbons (Fsp3) is 0.476. The zero-order chi connectivity index (χ0) is 20.6. The largest absolute Gasteiger partial charge is 0.466 e. The maximum absolute atomic E-state index is 12.1. The molecule has 0 aliphatic carbocycles. The van der Waals surface area contributed by atoms with Crippen molar-refractivity contribution in [2.45, 2.75) is 45.6 Å². The molecule has 0 radical (unpaired) electrons. The van der Waals surface area contributed by atoms with Gasteiger partial charge in [0.15, 0.2) is 0 Å². The van der Waals surface area contributed by atoms with Crippen molar-refractivity contribution in [1.29, 1.82) is 0 Å². The Hall–Kier alpha value is -2.47. The van der Waals surface area contributed by atoms with Crippen LogP contribution in [0.1, 0.15) is 56.8 Å². The molecule has 0 saturated heterocycles. The van der Waals surface area contributed by atoms with E-state index in [1.807, 2.05) is 12.1 Å². The van der Waals surface area contributed by atoms with Gasteiger partial charge in [-0.2, -0.15) is 0 Å². The van der Waals surface area contributed by atoms with E-state index >= 15 is 0 Å². The molecule has 0 aromatic heterocycles. The van der Waals surface area contributed by atoms with Crippen molar-refractivity contribution in [3.8, 4) is 0 Å². The lowest BCUT2D eigenvalue weighted by molar-refractivity contribution is -0.143. The number of nitrogens with one attached hydrogen (secondary N) is 1. The van der Waals surface area contributed by atoms with E-state index in [1.165, 1.54) is 0 Å². The van der Waals surface area contributed by atoms with Crippen molar-refractivity contribution < 1.29 is 14.3 Å². The average molecular weight is 373 g/mol. The van der Waals surface area contributed by atoms with Crippen LogP contribution in [0.15, 0.2) is 29.8 Å². The highest BCUT2D eigenvalue weighted by Gasteiger charge is 2.23. The summed E-state index contributed by atoms with van der Waals surface area (Å²) in [5.41, 5.74) is 8.83. The van der Waals surface area contributed by atoms with E-state index in [0.29, 0.717) is 0 Å². The highest BCUT2D eigenvalue weighted by molar-refractivity contribution is 6.08. The molecule has 3 N–H and O–H groups in total. The molecule has 0 aliphatic rings. The number of amides is 1. The smallest absolute Gasteiger partial charge is 0.308 e. The summed E-state index contributed by atoms with van der Waals surface area (Å²) in [4.78, 5) is 28.0. The lowest BCUT2D eigenvalue weighted by atomic mass is 9.83. The van der Waals surface area contributed by atoms with Gasteiger partial charge in [0.25, 0.3) is 0 Å². The third kappa shape index (κ3) is 6.98. The molecule has 1 rings (SSSR count). The molecule has 0 spiro atoms. The fourth-order valence-electron chi connectivity index (χ4n) is 2.59. The van der Waals surface area contributed by atoms with E-state index in [9.17, 15) is 9.59 Å². The molecule has 1 amide bonds. The summed E-state index contributed by atoms with van der Waals surface area (Å²) in [7, 11) is 1.69. The quantitative estimate of drug-likeness (QED) is 0.541. The minimum Gasteiger partial charge on any atom is -0.466 e. The highest BCUT2D eigenvalue weighted by atomic mass is 16.5. The number of hydrogen-bond donors (Lipinski definition) is 2. The second kappa shape index (κ2) is 10.0. The molecule has 6 heteroatoms. The average Bonchev–Trinajstić information content (AvgIpc) is 2.60. The molecule has 0 bridgehead atoms. The van der Waals surface area contributed by atoms with Crippen LogP contribution >= 0.6 is 0 Å². The summed E-state index contributed by atoms with van der Waals surface area (Å²) >= 11 is 0. The molecule has 6 nitrogen and oxygen atoms in total. The number of carbonyl (C=O) groups is 2. The van der Waals surface area contributed by atoms with Gasteiger partial charge >= 0.3 is 5.97 Å². The monoisotopic (exact) mass is 373 g/mol. The van der Waals surface area contributed by atoms with E-state index in [2.05, 4.69) is 43.7 Å².